The summed E-state index contributed by atoms with van der Waals surface area (Å²) in [6.45, 7) is 1.77. The number of hydrogen-bond donors (Lipinski definition) is 2. The number of carbonyl (C=O) groups is 1. The summed E-state index contributed by atoms with van der Waals surface area (Å²) in [6, 6.07) is 5.64. The van der Waals surface area contributed by atoms with Crippen LogP contribution in [-0.2, 0) is 11.3 Å². The van der Waals surface area contributed by atoms with Crippen molar-refractivity contribution in [2.75, 3.05) is 19.8 Å². The SMILES string of the molecule is O=C(NCC12CCC(CC1)CC2)c1cn(CC2(O)COC2)c2cccc(Cl)c12. The molecule has 1 aromatic carbocycles. The van der Waals surface area contributed by atoms with Crippen molar-refractivity contribution >= 4 is 28.4 Å². The van der Waals surface area contributed by atoms with E-state index >= 15 is 0 Å². The van der Waals surface area contributed by atoms with Gasteiger partial charge in [0.05, 0.1) is 35.9 Å². The Labute approximate surface area is 170 Å². The number of ether oxygens (including phenoxy) is 1. The summed E-state index contributed by atoms with van der Waals surface area (Å²) in [4.78, 5) is 13.1. The molecule has 2 heterocycles. The van der Waals surface area contributed by atoms with Gasteiger partial charge in [-0.3, -0.25) is 4.79 Å². The molecule has 4 fully saturated rings. The standard InChI is InChI=1S/C22H27ClN2O3/c23-17-2-1-3-18-19(17)16(10-25(18)12-22(27)13-28-14-22)20(26)24-11-21-7-4-15(5-8-21)6-9-21/h1-3,10,15,27H,4-9,11-14H2,(H,24,26). The van der Waals surface area contributed by atoms with Crippen molar-refractivity contribution in [3.8, 4) is 0 Å². The molecule has 1 aromatic heterocycles. The molecular formula is C22H27ClN2O3. The molecule has 1 aliphatic heterocycles. The van der Waals surface area contributed by atoms with Crippen LogP contribution < -0.4 is 5.32 Å². The maximum atomic E-state index is 13.1. The third kappa shape index (κ3) is 3.14. The van der Waals surface area contributed by atoms with Gasteiger partial charge in [0.1, 0.15) is 5.60 Å². The second kappa shape index (κ2) is 6.75. The molecule has 0 unspecified atom stereocenters. The van der Waals surface area contributed by atoms with Crippen molar-refractivity contribution in [3.63, 3.8) is 0 Å². The van der Waals surface area contributed by atoms with E-state index in [-0.39, 0.29) is 11.3 Å². The highest BCUT2D eigenvalue weighted by Crippen LogP contribution is 2.49. The molecule has 0 atom stereocenters. The number of carbonyl (C=O) groups excluding carboxylic acids is 1. The second-order valence-electron chi connectivity index (χ2n) is 9.19. The molecule has 150 valence electrons. The van der Waals surface area contributed by atoms with Crippen LogP contribution in [0.2, 0.25) is 5.02 Å². The Balaban J connectivity index is 1.40. The minimum atomic E-state index is -0.873. The predicted octanol–water partition coefficient (Wildman–Crippen LogP) is 3.76. The third-order valence-electron chi connectivity index (χ3n) is 7.18. The zero-order valence-corrected chi connectivity index (χ0v) is 16.8. The lowest BCUT2D eigenvalue weighted by Gasteiger charge is -2.46. The first kappa shape index (κ1) is 18.5. The third-order valence-corrected chi connectivity index (χ3v) is 7.49. The average molecular weight is 403 g/mol. The summed E-state index contributed by atoms with van der Waals surface area (Å²) in [5.74, 6) is 0.839. The molecule has 1 saturated heterocycles. The number of halogens is 1. The Morgan fingerprint density at radius 1 is 1.25 bits per heavy atom. The first-order chi connectivity index (χ1) is 13.5. The van der Waals surface area contributed by atoms with Crippen molar-refractivity contribution in [1.29, 1.82) is 0 Å². The number of fused-ring (bicyclic) bond motifs is 4. The van der Waals surface area contributed by atoms with Crippen LogP contribution in [0.15, 0.2) is 24.4 Å². The smallest absolute Gasteiger partial charge is 0.253 e. The summed E-state index contributed by atoms with van der Waals surface area (Å²) in [6.07, 6.45) is 9.44. The van der Waals surface area contributed by atoms with Gasteiger partial charge in [-0.15, -0.1) is 0 Å². The number of aromatic nitrogens is 1. The van der Waals surface area contributed by atoms with Crippen LogP contribution in [-0.4, -0.2) is 40.9 Å². The number of amides is 1. The van der Waals surface area contributed by atoms with Gasteiger partial charge in [-0.25, -0.2) is 0 Å². The first-order valence-electron chi connectivity index (χ1n) is 10.3. The molecule has 2 bridgehead atoms. The maximum absolute atomic E-state index is 13.1. The molecular weight excluding hydrogens is 376 g/mol. The summed E-state index contributed by atoms with van der Waals surface area (Å²) >= 11 is 6.47. The lowest BCUT2D eigenvalue weighted by Crippen LogP contribution is -2.52. The molecule has 4 aliphatic rings. The molecule has 0 spiro atoms. The zero-order chi connectivity index (χ0) is 19.4. The van der Waals surface area contributed by atoms with Crippen molar-refractivity contribution < 1.29 is 14.6 Å². The molecule has 5 nitrogen and oxygen atoms in total. The number of nitrogens with zero attached hydrogens (tertiary/aromatic N) is 1. The molecule has 2 aromatic rings. The van der Waals surface area contributed by atoms with E-state index in [9.17, 15) is 9.90 Å². The number of aliphatic hydroxyl groups is 1. The fraction of sp³-hybridized carbons (Fsp3) is 0.591. The van der Waals surface area contributed by atoms with Crippen LogP contribution in [0.4, 0.5) is 0 Å². The molecule has 1 amide bonds. The summed E-state index contributed by atoms with van der Waals surface area (Å²) < 4.78 is 7.10. The van der Waals surface area contributed by atoms with Gasteiger partial charge in [0.25, 0.3) is 5.91 Å². The lowest BCUT2D eigenvalue weighted by molar-refractivity contribution is -0.184. The fourth-order valence-corrected chi connectivity index (χ4v) is 5.60. The molecule has 28 heavy (non-hydrogen) atoms. The van der Waals surface area contributed by atoms with Crippen LogP contribution in [0.5, 0.6) is 0 Å². The van der Waals surface area contributed by atoms with Gasteiger partial charge in [-0.1, -0.05) is 17.7 Å². The monoisotopic (exact) mass is 402 g/mol. The fourth-order valence-electron chi connectivity index (χ4n) is 5.32. The van der Waals surface area contributed by atoms with E-state index in [4.69, 9.17) is 16.3 Å². The Morgan fingerprint density at radius 2 is 1.96 bits per heavy atom. The number of benzene rings is 1. The van der Waals surface area contributed by atoms with Crippen molar-refractivity contribution in [3.05, 3.63) is 35.0 Å². The topological polar surface area (TPSA) is 63.5 Å². The van der Waals surface area contributed by atoms with Crippen molar-refractivity contribution in [2.45, 2.75) is 50.7 Å². The van der Waals surface area contributed by atoms with Gasteiger partial charge in [-0.2, -0.15) is 0 Å². The average Bonchev–Trinajstić information content (AvgIpc) is 3.06. The Morgan fingerprint density at radius 3 is 2.61 bits per heavy atom. The van der Waals surface area contributed by atoms with Crippen LogP contribution >= 0.6 is 11.6 Å². The van der Waals surface area contributed by atoms with E-state index in [1.807, 2.05) is 29.0 Å². The minimum Gasteiger partial charge on any atom is -0.383 e. The number of nitrogens with one attached hydrogen (secondary N) is 1. The van der Waals surface area contributed by atoms with Gasteiger partial charge in [0, 0.05) is 18.1 Å². The van der Waals surface area contributed by atoms with E-state index in [1.165, 1.54) is 38.5 Å². The van der Waals surface area contributed by atoms with Gasteiger partial charge in [0.2, 0.25) is 0 Å². The highest BCUT2D eigenvalue weighted by Gasteiger charge is 2.41. The van der Waals surface area contributed by atoms with Crippen molar-refractivity contribution in [1.82, 2.24) is 9.88 Å². The highest BCUT2D eigenvalue weighted by atomic mass is 35.5. The van der Waals surface area contributed by atoms with E-state index in [0.29, 0.717) is 30.3 Å². The molecule has 6 heteroatoms. The zero-order valence-electron chi connectivity index (χ0n) is 16.0. The highest BCUT2D eigenvalue weighted by molar-refractivity contribution is 6.36. The van der Waals surface area contributed by atoms with E-state index in [0.717, 1.165) is 23.4 Å². The lowest BCUT2D eigenvalue weighted by atomic mass is 9.61. The molecule has 0 radical (unpaired) electrons. The Hall–Kier alpha value is -1.56. The van der Waals surface area contributed by atoms with Crippen LogP contribution in [0.1, 0.15) is 48.9 Å². The number of hydrogen-bond acceptors (Lipinski definition) is 3. The quantitative estimate of drug-likeness (QED) is 0.800. The molecule has 2 N–H and O–H groups in total. The summed E-state index contributed by atoms with van der Waals surface area (Å²) in [5, 5.41) is 15.0. The van der Waals surface area contributed by atoms with Crippen molar-refractivity contribution in [2.24, 2.45) is 11.3 Å². The second-order valence-corrected chi connectivity index (χ2v) is 9.59. The first-order valence-corrected chi connectivity index (χ1v) is 10.7. The maximum Gasteiger partial charge on any atom is 0.253 e. The largest absolute Gasteiger partial charge is 0.383 e. The van der Waals surface area contributed by atoms with Gasteiger partial charge < -0.3 is 19.7 Å². The summed E-state index contributed by atoms with van der Waals surface area (Å²) in [5.41, 5.74) is 0.867. The molecule has 3 aliphatic carbocycles. The van der Waals surface area contributed by atoms with E-state index in [2.05, 4.69) is 5.32 Å². The van der Waals surface area contributed by atoms with Crippen LogP contribution in [0.25, 0.3) is 10.9 Å². The van der Waals surface area contributed by atoms with Gasteiger partial charge >= 0.3 is 0 Å². The molecule has 3 saturated carbocycles. The normalized spacial score (nSPS) is 28.3. The van der Waals surface area contributed by atoms with Gasteiger partial charge in [0.15, 0.2) is 0 Å². The number of rotatable bonds is 5. The van der Waals surface area contributed by atoms with Gasteiger partial charge in [-0.05, 0) is 62.0 Å². The Kier molecular flexibility index (Phi) is 4.45. The van der Waals surface area contributed by atoms with Crippen LogP contribution in [0.3, 0.4) is 0 Å². The Bertz CT molecular complexity index is 896. The minimum absolute atomic E-state index is 0.0734. The predicted molar refractivity (Wildman–Crippen MR) is 109 cm³/mol. The van der Waals surface area contributed by atoms with E-state index in [1.54, 1.807) is 0 Å². The van der Waals surface area contributed by atoms with E-state index < -0.39 is 5.60 Å². The summed E-state index contributed by atoms with van der Waals surface area (Å²) in [7, 11) is 0. The molecule has 6 rings (SSSR count). The van der Waals surface area contributed by atoms with Crippen LogP contribution in [0, 0.1) is 11.3 Å².